The molecule has 0 aromatic heterocycles. The Hall–Kier alpha value is -1.13. The molecule has 0 saturated carbocycles. The minimum absolute atomic E-state index is 0.0246. The highest BCUT2D eigenvalue weighted by Crippen LogP contribution is 2.37. The van der Waals surface area contributed by atoms with Crippen LogP contribution in [0, 0.1) is 26.9 Å². The SMILES string of the molecule is CC(C)(C#N)CCOc1c(Br)cc([N+](=O)[O-])cc1Br. The van der Waals surface area contributed by atoms with Gasteiger partial charge in [-0.2, -0.15) is 5.26 Å². The monoisotopic (exact) mass is 390 g/mol. The van der Waals surface area contributed by atoms with Crippen LogP contribution in [0.25, 0.3) is 0 Å². The molecule has 1 aromatic rings. The number of hydrogen-bond acceptors (Lipinski definition) is 4. The van der Waals surface area contributed by atoms with Crippen LogP contribution in [-0.2, 0) is 0 Å². The van der Waals surface area contributed by atoms with E-state index in [-0.39, 0.29) is 5.69 Å². The van der Waals surface area contributed by atoms with Crippen LogP contribution in [0.5, 0.6) is 5.75 Å². The smallest absolute Gasteiger partial charge is 0.271 e. The molecule has 102 valence electrons. The van der Waals surface area contributed by atoms with Gasteiger partial charge >= 0.3 is 0 Å². The van der Waals surface area contributed by atoms with Gasteiger partial charge in [-0.3, -0.25) is 10.1 Å². The van der Waals surface area contributed by atoms with Crippen LogP contribution in [-0.4, -0.2) is 11.5 Å². The van der Waals surface area contributed by atoms with Crippen molar-refractivity contribution >= 4 is 37.5 Å². The first-order valence-corrected chi connectivity index (χ1v) is 7.03. The maximum atomic E-state index is 10.7. The van der Waals surface area contributed by atoms with Crippen molar-refractivity contribution in [2.45, 2.75) is 20.3 Å². The second kappa shape index (κ2) is 6.35. The normalized spacial score (nSPS) is 10.9. The maximum Gasteiger partial charge on any atom is 0.271 e. The fraction of sp³-hybridized carbons (Fsp3) is 0.417. The maximum absolute atomic E-state index is 10.7. The van der Waals surface area contributed by atoms with E-state index in [2.05, 4.69) is 37.9 Å². The first-order valence-electron chi connectivity index (χ1n) is 5.44. The predicted octanol–water partition coefficient (Wildman–Crippen LogP) is 4.44. The fourth-order valence-electron chi connectivity index (χ4n) is 1.25. The number of hydrogen-bond donors (Lipinski definition) is 0. The standard InChI is InChI=1S/C12H12Br2N2O3/c1-12(2,7-15)3-4-19-11-9(13)5-8(16(17)18)6-10(11)14/h5-6H,3-4H2,1-2H3. The average Bonchev–Trinajstić information content (AvgIpc) is 2.32. The number of non-ortho nitro benzene ring substituents is 1. The molecular formula is C12H12Br2N2O3. The summed E-state index contributed by atoms with van der Waals surface area (Å²) in [6.07, 6.45) is 0.569. The molecule has 0 heterocycles. The Balaban J connectivity index is 2.81. The molecule has 0 unspecified atom stereocenters. The molecule has 0 radical (unpaired) electrons. The number of rotatable bonds is 5. The third-order valence-corrected chi connectivity index (χ3v) is 3.65. The number of nitriles is 1. The van der Waals surface area contributed by atoms with Gasteiger partial charge in [0, 0.05) is 12.1 Å². The highest BCUT2D eigenvalue weighted by Gasteiger charge is 2.19. The summed E-state index contributed by atoms with van der Waals surface area (Å²) >= 11 is 6.48. The van der Waals surface area contributed by atoms with Crippen LogP contribution in [0.3, 0.4) is 0 Å². The summed E-state index contributed by atoms with van der Waals surface area (Å²) in [5, 5.41) is 19.6. The zero-order valence-electron chi connectivity index (χ0n) is 10.4. The van der Waals surface area contributed by atoms with Crippen molar-refractivity contribution in [2.75, 3.05) is 6.61 Å². The lowest BCUT2D eigenvalue weighted by atomic mass is 9.92. The summed E-state index contributed by atoms with van der Waals surface area (Å²) in [5.41, 5.74) is -0.483. The lowest BCUT2D eigenvalue weighted by Gasteiger charge is -2.16. The van der Waals surface area contributed by atoms with E-state index in [1.165, 1.54) is 12.1 Å². The van der Waals surface area contributed by atoms with E-state index in [9.17, 15) is 10.1 Å². The highest BCUT2D eigenvalue weighted by atomic mass is 79.9. The molecule has 0 aliphatic rings. The third-order valence-electron chi connectivity index (χ3n) is 2.47. The largest absolute Gasteiger partial charge is 0.491 e. The van der Waals surface area contributed by atoms with Gasteiger partial charge in [0.1, 0.15) is 5.75 Å². The Morgan fingerprint density at radius 3 is 2.37 bits per heavy atom. The summed E-state index contributed by atoms with van der Waals surface area (Å²) in [6, 6.07) is 4.96. The second-order valence-electron chi connectivity index (χ2n) is 4.59. The lowest BCUT2D eigenvalue weighted by molar-refractivity contribution is -0.385. The molecule has 19 heavy (non-hydrogen) atoms. The summed E-state index contributed by atoms with van der Waals surface area (Å²) in [6.45, 7) is 4.02. The van der Waals surface area contributed by atoms with E-state index in [4.69, 9.17) is 10.00 Å². The molecular weight excluding hydrogens is 380 g/mol. The number of halogens is 2. The van der Waals surface area contributed by atoms with Crippen molar-refractivity contribution in [3.05, 3.63) is 31.2 Å². The minimum Gasteiger partial charge on any atom is -0.491 e. The third kappa shape index (κ3) is 4.48. The average molecular weight is 392 g/mol. The van der Waals surface area contributed by atoms with E-state index in [0.29, 0.717) is 27.7 Å². The van der Waals surface area contributed by atoms with Crippen LogP contribution >= 0.6 is 31.9 Å². The summed E-state index contributed by atoms with van der Waals surface area (Å²) in [5.74, 6) is 0.499. The van der Waals surface area contributed by atoms with Crippen molar-refractivity contribution in [3.8, 4) is 11.8 Å². The zero-order valence-corrected chi connectivity index (χ0v) is 13.6. The van der Waals surface area contributed by atoms with Crippen LogP contribution in [0.2, 0.25) is 0 Å². The van der Waals surface area contributed by atoms with Crippen LogP contribution in [0.15, 0.2) is 21.1 Å². The van der Waals surface area contributed by atoms with Gasteiger partial charge in [-0.25, -0.2) is 0 Å². The molecule has 1 aromatic carbocycles. The van der Waals surface area contributed by atoms with E-state index in [1.54, 1.807) is 0 Å². The van der Waals surface area contributed by atoms with Gasteiger partial charge in [-0.15, -0.1) is 0 Å². The van der Waals surface area contributed by atoms with Gasteiger partial charge in [-0.1, -0.05) is 0 Å². The second-order valence-corrected chi connectivity index (χ2v) is 6.30. The lowest BCUT2D eigenvalue weighted by Crippen LogP contribution is -2.13. The van der Waals surface area contributed by atoms with Crippen molar-refractivity contribution in [1.29, 1.82) is 5.26 Å². The number of benzene rings is 1. The van der Waals surface area contributed by atoms with Gasteiger partial charge in [0.15, 0.2) is 0 Å². The molecule has 0 saturated heterocycles. The minimum atomic E-state index is -0.474. The summed E-state index contributed by atoms with van der Waals surface area (Å²) < 4.78 is 6.58. The summed E-state index contributed by atoms with van der Waals surface area (Å²) in [4.78, 5) is 10.2. The molecule has 0 aliphatic carbocycles. The highest BCUT2D eigenvalue weighted by molar-refractivity contribution is 9.11. The molecule has 0 aliphatic heterocycles. The Labute approximate surface area is 128 Å². The van der Waals surface area contributed by atoms with E-state index in [0.717, 1.165) is 0 Å². The Kier molecular flexibility index (Phi) is 5.32. The van der Waals surface area contributed by atoms with Gasteiger partial charge in [-0.05, 0) is 52.1 Å². The molecule has 0 spiro atoms. The Morgan fingerprint density at radius 1 is 1.42 bits per heavy atom. The van der Waals surface area contributed by atoms with E-state index in [1.807, 2.05) is 13.8 Å². The van der Waals surface area contributed by atoms with Crippen LogP contribution in [0.4, 0.5) is 5.69 Å². The molecule has 0 N–H and O–H groups in total. The van der Waals surface area contributed by atoms with Gasteiger partial charge in [0.2, 0.25) is 0 Å². The number of nitro groups is 1. The summed E-state index contributed by atoms with van der Waals surface area (Å²) in [7, 11) is 0. The van der Waals surface area contributed by atoms with Crippen molar-refractivity contribution in [1.82, 2.24) is 0 Å². The zero-order chi connectivity index (χ0) is 14.6. The molecule has 7 heteroatoms. The van der Waals surface area contributed by atoms with Crippen LogP contribution in [0.1, 0.15) is 20.3 Å². The number of nitrogens with zero attached hydrogens (tertiary/aromatic N) is 2. The first-order chi connectivity index (χ1) is 8.76. The van der Waals surface area contributed by atoms with Gasteiger partial charge < -0.3 is 4.74 Å². The topological polar surface area (TPSA) is 76.2 Å². The number of ether oxygens (including phenoxy) is 1. The molecule has 1 rings (SSSR count). The van der Waals surface area contributed by atoms with Crippen LogP contribution < -0.4 is 4.74 Å². The molecule has 0 atom stereocenters. The molecule has 0 fully saturated rings. The quantitative estimate of drug-likeness (QED) is 0.549. The van der Waals surface area contributed by atoms with Crippen molar-refractivity contribution in [3.63, 3.8) is 0 Å². The Morgan fingerprint density at radius 2 is 1.95 bits per heavy atom. The van der Waals surface area contributed by atoms with Gasteiger partial charge in [0.05, 0.1) is 32.0 Å². The first kappa shape index (κ1) is 15.9. The van der Waals surface area contributed by atoms with Crippen molar-refractivity contribution in [2.24, 2.45) is 5.41 Å². The van der Waals surface area contributed by atoms with E-state index >= 15 is 0 Å². The van der Waals surface area contributed by atoms with Crippen molar-refractivity contribution < 1.29 is 9.66 Å². The molecule has 5 nitrogen and oxygen atoms in total. The van der Waals surface area contributed by atoms with E-state index < -0.39 is 10.3 Å². The van der Waals surface area contributed by atoms with Gasteiger partial charge in [0.25, 0.3) is 5.69 Å². The fourth-order valence-corrected chi connectivity index (χ4v) is 2.65. The predicted molar refractivity (Wildman–Crippen MR) is 78.0 cm³/mol. The number of nitro benzene ring substituents is 1. The molecule has 0 bridgehead atoms. The molecule has 0 amide bonds. The Bertz CT molecular complexity index is 515.